The highest BCUT2D eigenvalue weighted by molar-refractivity contribution is 5.83. The van der Waals surface area contributed by atoms with E-state index < -0.39 is 24.0 Å². The molecule has 8 nitrogen and oxygen atoms in total. The Morgan fingerprint density at radius 2 is 1.89 bits per heavy atom. The fraction of sp³-hybridized carbons (Fsp3) is 0.700. The van der Waals surface area contributed by atoms with Crippen LogP contribution in [0.2, 0.25) is 0 Å². The van der Waals surface area contributed by atoms with Crippen LogP contribution in [0.5, 0.6) is 0 Å². The first-order chi connectivity index (χ1) is 8.25. The van der Waals surface area contributed by atoms with Gasteiger partial charge in [-0.3, -0.25) is 4.79 Å². The number of nitrogens with two attached hydrogens (primary N) is 1. The molecule has 0 saturated heterocycles. The first kappa shape index (κ1) is 16.2. The summed E-state index contributed by atoms with van der Waals surface area (Å²) >= 11 is 0. The van der Waals surface area contributed by atoms with Crippen molar-refractivity contribution in [1.29, 1.82) is 0 Å². The third-order valence-corrected chi connectivity index (χ3v) is 2.19. The molecule has 0 aliphatic rings. The lowest BCUT2D eigenvalue weighted by Crippen LogP contribution is -2.48. The number of aliphatic hydroxyl groups is 1. The standard InChI is InChI=1S/C10H19N3O5/c1-6(2)13(5-8(11)15)10(18)12-4-3-7(14)9(16)17/h6-7,14H,3-5H2,1-2H3,(H2,11,15)(H,12,18)(H,16,17). The van der Waals surface area contributed by atoms with Crippen molar-refractivity contribution in [3.63, 3.8) is 0 Å². The minimum absolute atomic E-state index is 0.00567. The highest BCUT2D eigenvalue weighted by atomic mass is 16.4. The topological polar surface area (TPSA) is 133 Å². The summed E-state index contributed by atoms with van der Waals surface area (Å²) in [7, 11) is 0. The molecule has 8 heteroatoms. The number of aliphatic carboxylic acids is 1. The van der Waals surface area contributed by atoms with E-state index in [1.54, 1.807) is 13.8 Å². The van der Waals surface area contributed by atoms with E-state index in [9.17, 15) is 14.4 Å². The van der Waals surface area contributed by atoms with Crippen LogP contribution >= 0.6 is 0 Å². The first-order valence-electron chi connectivity index (χ1n) is 5.49. The number of carbonyl (C=O) groups is 3. The fourth-order valence-corrected chi connectivity index (χ4v) is 1.20. The van der Waals surface area contributed by atoms with E-state index in [0.29, 0.717) is 0 Å². The third kappa shape index (κ3) is 6.04. The summed E-state index contributed by atoms with van der Waals surface area (Å²) in [6, 6.07) is -0.747. The number of rotatable bonds is 7. The van der Waals surface area contributed by atoms with Crippen molar-refractivity contribution >= 4 is 17.9 Å². The molecule has 18 heavy (non-hydrogen) atoms. The summed E-state index contributed by atoms with van der Waals surface area (Å²) in [4.78, 5) is 34.0. The number of hydrogen-bond donors (Lipinski definition) is 4. The third-order valence-electron chi connectivity index (χ3n) is 2.19. The van der Waals surface area contributed by atoms with Crippen LogP contribution in [-0.2, 0) is 9.59 Å². The molecule has 0 fully saturated rings. The SMILES string of the molecule is CC(C)N(CC(N)=O)C(=O)NCCC(O)C(=O)O. The lowest BCUT2D eigenvalue weighted by molar-refractivity contribution is -0.146. The van der Waals surface area contributed by atoms with E-state index in [0.717, 1.165) is 0 Å². The maximum atomic E-state index is 11.6. The molecule has 5 N–H and O–H groups in total. The summed E-state index contributed by atoms with van der Waals surface area (Å²) in [5, 5.41) is 19.8. The highest BCUT2D eigenvalue weighted by Crippen LogP contribution is 1.98. The summed E-state index contributed by atoms with van der Waals surface area (Å²) in [6.45, 7) is 3.21. The number of amides is 3. The normalized spacial score (nSPS) is 12.0. The van der Waals surface area contributed by atoms with Gasteiger partial charge in [0.2, 0.25) is 5.91 Å². The van der Waals surface area contributed by atoms with Gasteiger partial charge in [0.25, 0.3) is 0 Å². The van der Waals surface area contributed by atoms with Crippen molar-refractivity contribution in [2.24, 2.45) is 5.73 Å². The number of carboxylic acids is 1. The largest absolute Gasteiger partial charge is 0.479 e. The molecule has 0 aromatic heterocycles. The summed E-state index contributed by atoms with van der Waals surface area (Å²) in [6.07, 6.45) is -1.63. The van der Waals surface area contributed by atoms with Gasteiger partial charge < -0.3 is 26.2 Å². The van der Waals surface area contributed by atoms with E-state index in [4.69, 9.17) is 15.9 Å². The Kier molecular flexibility index (Phi) is 6.73. The Bertz CT molecular complexity index is 319. The Labute approximate surface area is 105 Å². The minimum Gasteiger partial charge on any atom is -0.479 e. The predicted octanol–water partition coefficient (Wildman–Crippen LogP) is -1.27. The summed E-state index contributed by atoms with van der Waals surface area (Å²) in [5.41, 5.74) is 5.01. The summed E-state index contributed by atoms with van der Waals surface area (Å²) < 4.78 is 0. The number of hydrogen-bond acceptors (Lipinski definition) is 4. The Hall–Kier alpha value is -1.83. The quantitative estimate of drug-likeness (QED) is 0.453. The van der Waals surface area contributed by atoms with Crippen LogP contribution in [0.4, 0.5) is 4.79 Å². The second kappa shape index (κ2) is 7.49. The second-order valence-electron chi connectivity index (χ2n) is 4.06. The monoisotopic (exact) mass is 261 g/mol. The molecular weight excluding hydrogens is 242 g/mol. The molecule has 0 saturated carbocycles. The van der Waals surface area contributed by atoms with Crippen LogP contribution in [-0.4, -0.2) is 58.3 Å². The van der Waals surface area contributed by atoms with E-state index in [-0.39, 0.29) is 25.6 Å². The number of nitrogens with zero attached hydrogens (tertiary/aromatic N) is 1. The highest BCUT2D eigenvalue weighted by Gasteiger charge is 2.19. The van der Waals surface area contributed by atoms with Crippen molar-refractivity contribution in [2.75, 3.05) is 13.1 Å². The fourth-order valence-electron chi connectivity index (χ4n) is 1.20. The molecule has 0 radical (unpaired) electrons. The van der Waals surface area contributed by atoms with Gasteiger partial charge in [-0.05, 0) is 13.8 Å². The van der Waals surface area contributed by atoms with Crippen LogP contribution in [0.1, 0.15) is 20.3 Å². The molecule has 0 spiro atoms. The molecule has 104 valence electrons. The van der Waals surface area contributed by atoms with Gasteiger partial charge in [-0.2, -0.15) is 0 Å². The lowest BCUT2D eigenvalue weighted by Gasteiger charge is -2.25. The maximum absolute atomic E-state index is 11.6. The number of carboxylic acid groups (broad SMARTS) is 1. The van der Waals surface area contributed by atoms with Gasteiger partial charge >= 0.3 is 12.0 Å². The molecule has 0 aromatic carbocycles. The average molecular weight is 261 g/mol. The molecule has 0 aliphatic heterocycles. The molecule has 0 rings (SSSR count). The smallest absolute Gasteiger partial charge is 0.332 e. The lowest BCUT2D eigenvalue weighted by atomic mass is 10.2. The number of primary amides is 1. The Morgan fingerprint density at radius 1 is 1.33 bits per heavy atom. The molecule has 1 unspecified atom stereocenters. The van der Waals surface area contributed by atoms with E-state index in [1.807, 2.05) is 0 Å². The molecule has 1 atom stereocenters. The predicted molar refractivity (Wildman–Crippen MR) is 62.7 cm³/mol. The van der Waals surface area contributed by atoms with E-state index in [2.05, 4.69) is 5.32 Å². The number of carbonyl (C=O) groups excluding carboxylic acids is 2. The summed E-state index contributed by atoms with van der Waals surface area (Å²) in [5.74, 6) is -1.98. The van der Waals surface area contributed by atoms with E-state index >= 15 is 0 Å². The molecule has 0 aliphatic carbocycles. The molecule has 0 bridgehead atoms. The van der Waals surface area contributed by atoms with Crippen LogP contribution in [0.3, 0.4) is 0 Å². The van der Waals surface area contributed by atoms with Crippen molar-refractivity contribution in [2.45, 2.75) is 32.4 Å². The van der Waals surface area contributed by atoms with Gasteiger partial charge in [-0.15, -0.1) is 0 Å². The van der Waals surface area contributed by atoms with Gasteiger partial charge in [0.1, 0.15) is 6.54 Å². The van der Waals surface area contributed by atoms with Crippen LogP contribution < -0.4 is 11.1 Å². The Morgan fingerprint density at radius 3 is 2.28 bits per heavy atom. The van der Waals surface area contributed by atoms with Gasteiger partial charge in [0.15, 0.2) is 6.10 Å². The number of nitrogens with one attached hydrogen (secondary N) is 1. The van der Waals surface area contributed by atoms with Gasteiger partial charge in [0, 0.05) is 19.0 Å². The Balaban J connectivity index is 4.19. The molecule has 0 heterocycles. The molecule has 0 aromatic rings. The van der Waals surface area contributed by atoms with Crippen molar-refractivity contribution in [3.8, 4) is 0 Å². The van der Waals surface area contributed by atoms with Gasteiger partial charge in [-0.25, -0.2) is 9.59 Å². The average Bonchev–Trinajstić information content (AvgIpc) is 2.24. The minimum atomic E-state index is -1.52. The van der Waals surface area contributed by atoms with Crippen molar-refractivity contribution in [3.05, 3.63) is 0 Å². The zero-order valence-electron chi connectivity index (χ0n) is 10.4. The van der Waals surface area contributed by atoms with Crippen LogP contribution in [0, 0.1) is 0 Å². The zero-order chi connectivity index (χ0) is 14.3. The molecular formula is C10H19N3O5. The molecule has 3 amide bonds. The van der Waals surface area contributed by atoms with E-state index in [1.165, 1.54) is 4.90 Å². The van der Waals surface area contributed by atoms with Crippen molar-refractivity contribution < 1.29 is 24.6 Å². The van der Waals surface area contributed by atoms with Gasteiger partial charge in [0.05, 0.1) is 0 Å². The van der Waals surface area contributed by atoms with Gasteiger partial charge in [-0.1, -0.05) is 0 Å². The first-order valence-corrected chi connectivity index (χ1v) is 5.49. The number of aliphatic hydroxyl groups excluding tert-OH is 1. The van der Waals surface area contributed by atoms with Crippen LogP contribution in [0.25, 0.3) is 0 Å². The zero-order valence-corrected chi connectivity index (χ0v) is 10.4. The maximum Gasteiger partial charge on any atom is 0.332 e. The second-order valence-corrected chi connectivity index (χ2v) is 4.06. The van der Waals surface area contributed by atoms with Crippen molar-refractivity contribution in [1.82, 2.24) is 10.2 Å². The number of urea groups is 1. The van der Waals surface area contributed by atoms with Crippen LogP contribution in [0.15, 0.2) is 0 Å².